The molecule has 0 aromatic heterocycles. The molecule has 1 heterocycles. The maximum atomic E-state index is 12.5. The molecule has 0 amide bonds. The number of ether oxygens (including phenoxy) is 1. The van der Waals surface area contributed by atoms with Crippen LogP contribution in [0.2, 0.25) is 0 Å². The van der Waals surface area contributed by atoms with Gasteiger partial charge in [0.1, 0.15) is 5.76 Å². The van der Waals surface area contributed by atoms with E-state index in [0.717, 1.165) is 31.5 Å². The van der Waals surface area contributed by atoms with Crippen LogP contribution < -0.4 is 5.32 Å². The second-order valence-corrected chi connectivity index (χ2v) is 5.49. The van der Waals surface area contributed by atoms with Gasteiger partial charge in [0, 0.05) is 20.0 Å². The van der Waals surface area contributed by atoms with E-state index in [4.69, 9.17) is 0 Å². The molecule has 0 aromatic rings. The van der Waals surface area contributed by atoms with Gasteiger partial charge in [-0.05, 0) is 30.3 Å². The Morgan fingerprint density at radius 3 is 2.39 bits per heavy atom. The van der Waals surface area contributed by atoms with Crippen LogP contribution in [-0.2, 0) is 4.74 Å². The number of alkyl halides is 2. The fraction of sp³-hybridized carbons (Fsp3) is 0.571. The van der Waals surface area contributed by atoms with Crippen molar-refractivity contribution in [1.29, 1.82) is 0 Å². The van der Waals surface area contributed by atoms with Crippen molar-refractivity contribution in [3.63, 3.8) is 0 Å². The maximum absolute atomic E-state index is 12.5. The smallest absolute Gasteiger partial charge is 0.394 e. The highest BCUT2D eigenvalue weighted by atomic mass is 19.3. The van der Waals surface area contributed by atoms with E-state index in [9.17, 15) is 8.78 Å². The van der Waals surface area contributed by atoms with Crippen molar-refractivity contribution >= 4 is 0 Å². The lowest BCUT2D eigenvalue weighted by Crippen LogP contribution is -2.60. The predicted octanol–water partition coefficient (Wildman–Crippen LogP) is 3.24. The van der Waals surface area contributed by atoms with Crippen molar-refractivity contribution in [2.75, 3.05) is 13.1 Å². The van der Waals surface area contributed by atoms with Crippen LogP contribution in [0.1, 0.15) is 19.8 Å². The molecule has 0 radical (unpaired) electrons. The second kappa shape index (κ2) is 4.50. The fourth-order valence-corrected chi connectivity index (χ4v) is 2.62. The van der Waals surface area contributed by atoms with E-state index in [2.05, 4.69) is 23.2 Å². The Labute approximate surface area is 106 Å². The molecule has 2 aliphatic rings. The lowest BCUT2D eigenvalue weighted by atomic mass is 9.57. The van der Waals surface area contributed by atoms with Crippen molar-refractivity contribution in [1.82, 2.24) is 5.32 Å². The summed E-state index contributed by atoms with van der Waals surface area (Å²) in [6.45, 7) is 10.3. The third-order valence-corrected chi connectivity index (χ3v) is 3.68. The lowest BCUT2D eigenvalue weighted by molar-refractivity contribution is -0.194. The molecule has 4 heteroatoms. The lowest BCUT2D eigenvalue weighted by Gasteiger charge is -2.54. The molecule has 0 unspecified atom stereocenters. The van der Waals surface area contributed by atoms with Gasteiger partial charge in [0.25, 0.3) is 0 Å². The molecular weight excluding hydrogens is 236 g/mol. The van der Waals surface area contributed by atoms with Crippen LogP contribution in [-0.4, -0.2) is 19.2 Å². The number of rotatable bonds is 5. The molecular formula is C14H19F2NO. The largest absolute Gasteiger partial charge is 0.433 e. The van der Waals surface area contributed by atoms with Gasteiger partial charge in [-0.3, -0.25) is 0 Å². The van der Waals surface area contributed by atoms with E-state index in [1.54, 1.807) is 6.08 Å². The molecule has 0 aromatic carbocycles. The van der Waals surface area contributed by atoms with Crippen LogP contribution >= 0.6 is 0 Å². The van der Waals surface area contributed by atoms with E-state index in [1.807, 2.05) is 0 Å². The van der Waals surface area contributed by atoms with E-state index < -0.39 is 6.11 Å². The zero-order valence-electron chi connectivity index (χ0n) is 10.6. The minimum atomic E-state index is -3.18. The third-order valence-electron chi connectivity index (χ3n) is 3.68. The van der Waals surface area contributed by atoms with Crippen molar-refractivity contribution in [3.05, 3.63) is 36.6 Å². The van der Waals surface area contributed by atoms with E-state index >= 15 is 0 Å². The molecule has 2 rings (SSSR count). The quantitative estimate of drug-likeness (QED) is 0.601. The van der Waals surface area contributed by atoms with E-state index in [-0.39, 0.29) is 5.76 Å². The third kappa shape index (κ3) is 2.99. The van der Waals surface area contributed by atoms with Gasteiger partial charge in [0.2, 0.25) is 0 Å². The van der Waals surface area contributed by atoms with E-state index in [1.165, 1.54) is 6.08 Å². The van der Waals surface area contributed by atoms with Crippen molar-refractivity contribution in [2.45, 2.75) is 25.9 Å². The van der Waals surface area contributed by atoms with Crippen molar-refractivity contribution < 1.29 is 13.5 Å². The van der Waals surface area contributed by atoms with Crippen LogP contribution in [0.25, 0.3) is 0 Å². The normalized spacial score (nSPS) is 22.6. The van der Waals surface area contributed by atoms with Gasteiger partial charge >= 0.3 is 6.11 Å². The summed E-state index contributed by atoms with van der Waals surface area (Å²) in [7, 11) is 0. The summed E-state index contributed by atoms with van der Waals surface area (Å²) in [5.41, 5.74) is 1.46. The van der Waals surface area contributed by atoms with E-state index in [0.29, 0.717) is 18.3 Å². The number of halogens is 2. The summed E-state index contributed by atoms with van der Waals surface area (Å²) >= 11 is 0. The monoisotopic (exact) mass is 255 g/mol. The van der Waals surface area contributed by atoms with Gasteiger partial charge in [-0.2, -0.15) is 8.78 Å². The highest BCUT2D eigenvalue weighted by molar-refractivity contribution is 5.27. The van der Waals surface area contributed by atoms with Gasteiger partial charge in [0.15, 0.2) is 0 Å². The van der Waals surface area contributed by atoms with Crippen LogP contribution in [0.5, 0.6) is 0 Å². The molecule has 18 heavy (non-hydrogen) atoms. The molecule has 1 spiro atoms. The molecule has 0 atom stereocenters. The number of hydrogen-bond acceptors (Lipinski definition) is 2. The zero-order chi connectivity index (χ0) is 13.4. The second-order valence-electron chi connectivity index (χ2n) is 5.49. The molecule has 1 aliphatic carbocycles. The van der Waals surface area contributed by atoms with Gasteiger partial charge in [-0.25, -0.2) is 0 Å². The van der Waals surface area contributed by atoms with Gasteiger partial charge in [0.05, 0.1) is 0 Å². The number of hydrogen-bond donors (Lipinski definition) is 1. The first-order valence-electron chi connectivity index (χ1n) is 6.13. The molecule has 0 bridgehead atoms. The SMILES string of the molecule is C=C(/C=C\C(=C)C1CC2(CNC2)C1)OC(C)(F)F. The summed E-state index contributed by atoms with van der Waals surface area (Å²) in [6.07, 6.45) is 2.29. The summed E-state index contributed by atoms with van der Waals surface area (Å²) in [4.78, 5) is 0. The maximum Gasteiger partial charge on any atom is 0.394 e. The van der Waals surface area contributed by atoms with Crippen LogP contribution in [0.3, 0.4) is 0 Å². The fourth-order valence-electron chi connectivity index (χ4n) is 2.62. The predicted molar refractivity (Wildman–Crippen MR) is 67.2 cm³/mol. The van der Waals surface area contributed by atoms with Gasteiger partial charge in [-0.1, -0.05) is 24.8 Å². The molecule has 1 saturated carbocycles. The molecule has 2 nitrogen and oxygen atoms in total. The van der Waals surface area contributed by atoms with Crippen LogP contribution in [0.15, 0.2) is 36.6 Å². The molecule has 1 aliphatic heterocycles. The zero-order valence-corrected chi connectivity index (χ0v) is 10.6. The summed E-state index contributed by atoms with van der Waals surface area (Å²) in [5, 5.41) is 3.27. The number of allylic oxidation sites excluding steroid dienone is 3. The van der Waals surface area contributed by atoms with Gasteiger partial charge in [-0.15, -0.1) is 0 Å². The molecule has 1 saturated heterocycles. The van der Waals surface area contributed by atoms with Gasteiger partial charge < -0.3 is 10.1 Å². The Kier molecular flexibility index (Phi) is 3.32. The topological polar surface area (TPSA) is 21.3 Å². The molecule has 1 N–H and O–H groups in total. The first-order chi connectivity index (χ1) is 8.30. The average Bonchev–Trinajstić information content (AvgIpc) is 2.07. The first kappa shape index (κ1) is 13.3. The number of nitrogens with one attached hydrogen (secondary N) is 1. The Hall–Kier alpha value is -1.16. The minimum absolute atomic E-state index is 0.0389. The Morgan fingerprint density at radius 2 is 1.94 bits per heavy atom. The Morgan fingerprint density at radius 1 is 1.33 bits per heavy atom. The Bertz CT molecular complexity index is 383. The van der Waals surface area contributed by atoms with Crippen LogP contribution in [0.4, 0.5) is 8.78 Å². The summed E-state index contributed by atoms with van der Waals surface area (Å²) < 4.78 is 29.4. The summed E-state index contributed by atoms with van der Waals surface area (Å²) in [5.74, 6) is 0.432. The van der Waals surface area contributed by atoms with Crippen molar-refractivity contribution in [2.24, 2.45) is 11.3 Å². The highest BCUT2D eigenvalue weighted by Crippen LogP contribution is 2.51. The highest BCUT2D eigenvalue weighted by Gasteiger charge is 2.48. The standard InChI is InChI=1S/C14H19F2NO/c1-10(4-5-11(2)18-13(3,15)16)12-6-14(7-12)8-17-9-14/h4-5,12,17H,1-2,6-9H2,3H3/b5-4-. The first-order valence-corrected chi connectivity index (χ1v) is 6.13. The Balaban J connectivity index is 1.76. The average molecular weight is 255 g/mol. The molecule has 100 valence electrons. The summed E-state index contributed by atoms with van der Waals surface area (Å²) in [6, 6.07) is 0. The molecule has 2 fully saturated rings. The minimum Gasteiger partial charge on any atom is -0.433 e. The van der Waals surface area contributed by atoms with Crippen LogP contribution in [0, 0.1) is 11.3 Å². The van der Waals surface area contributed by atoms with Crippen molar-refractivity contribution in [3.8, 4) is 0 Å².